The Morgan fingerprint density at radius 3 is 0.575 bits per heavy atom. The van der Waals surface area contributed by atoms with E-state index in [2.05, 4.69) is 383 Å². The third-order valence-corrected chi connectivity index (χ3v) is 22.9. The Morgan fingerprint density at radius 1 is 0.164 bits per heavy atom. The molecule has 5 radical (unpaired) electrons. The smallest absolute Gasteiger partial charge is 0.0163 e. The maximum Gasteiger partial charge on any atom is 0.0163 e. The van der Waals surface area contributed by atoms with E-state index in [4.69, 9.17) is 0 Å². The molecule has 0 bridgehead atoms. The Hall–Kier alpha value is -13.7. The molecule has 0 unspecified atom stereocenters. The number of hydrogen-bond acceptors (Lipinski definition) is 8. The van der Waals surface area contributed by atoms with Crippen LogP contribution in [0.15, 0.2) is 486 Å². The van der Waals surface area contributed by atoms with Crippen molar-refractivity contribution in [3.63, 3.8) is 0 Å². The second kappa shape index (κ2) is 59.7. The van der Waals surface area contributed by atoms with Gasteiger partial charge in [-0.3, -0.25) is 0 Å². The third-order valence-electron chi connectivity index (χ3n) is 22.9. The Labute approximate surface area is 932 Å². The molecule has 0 saturated heterocycles. The van der Waals surface area contributed by atoms with E-state index in [1.807, 2.05) is 243 Å². The van der Waals surface area contributed by atoms with Crippen LogP contribution in [-0.4, -0.2) is 39.9 Å². The summed E-state index contributed by atoms with van der Waals surface area (Å²) < 4.78 is 0. The summed E-state index contributed by atoms with van der Waals surface area (Å²) in [6.45, 7) is 24.4. The fraction of sp³-hybridized carbons (Fsp3) is 0.113. The van der Waals surface area contributed by atoms with E-state index in [1.165, 1.54) is 77.9 Å². The van der Waals surface area contributed by atoms with Gasteiger partial charge in [0.25, 0.3) is 0 Å². The summed E-state index contributed by atoms with van der Waals surface area (Å²) >= 11 is 0. The van der Waals surface area contributed by atoms with Gasteiger partial charge >= 0.3 is 0 Å². The van der Waals surface area contributed by atoms with Crippen molar-refractivity contribution in [3.05, 3.63) is 557 Å². The number of rotatable bonds is 14. The van der Waals surface area contributed by atoms with E-state index in [1.54, 1.807) is 24.8 Å². The molecule has 0 aliphatic heterocycles. The van der Waals surface area contributed by atoms with E-state index < -0.39 is 0 Å². The fourth-order valence-corrected chi connectivity index (χ4v) is 15.0. The minimum Gasteiger partial charge on any atom is -0.305 e. The molecule has 0 amide bonds. The number of pyridine rings is 8. The van der Waals surface area contributed by atoms with Crippen molar-refractivity contribution in [2.45, 2.75) is 98.3 Å². The van der Waals surface area contributed by atoms with Gasteiger partial charge in [0.2, 0.25) is 0 Å². The molecule has 21 aromatic rings. The first-order chi connectivity index (χ1) is 68.7. The summed E-state index contributed by atoms with van der Waals surface area (Å²) in [5.41, 5.74) is 33.6. The standard InChI is InChI=1S/3C21H20N.C20H18N.C17H12N.3C11H8N.5Ir/c3*1-21(2,3)19-12-13-22-20(15-19)18-11-7-10-17(14-18)16-8-5-4-6-9-16;1-15(2)17-11-12-21-20(14-17)19-10-6-9-18(13-19)16-7-4-3-5-8-16;1-2-7-14(8-3-1)15-9-6-10-16(13-15)17-11-4-5-12-18-17;3*1-2-6-10(7-3-1)11-8-4-5-9-12-11;;;;;/h3*4-10,12-15H,1-3H3;3-9,11-15H,1-2H3;1-9,11-13H;3*1-6,8-9H;;;;;/q8*-1;;;;;. The molecule has 13 heteroatoms. The second-order valence-corrected chi connectivity index (χ2v) is 36.6. The zero-order valence-electron chi connectivity index (χ0n) is 83.5. The summed E-state index contributed by atoms with van der Waals surface area (Å²) in [6, 6.07) is 173. The van der Waals surface area contributed by atoms with Crippen LogP contribution in [0.2, 0.25) is 0 Å². The monoisotopic (exact) mass is 2790 g/mol. The minimum absolute atomic E-state index is 0. The third kappa shape index (κ3) is 35.9. The van der Waals surface area contributed by atoms with E-state index in [9.17, 15) is 0 Å². The van der Waals surface area contributed by atoms with Crippen molar-refractivity contribution >= 4 is 0 Å². The molecule has 146 heavy (non-hydrogen) atoms. The molecule has 8 heterocycles. The van der Waals surface area contributed by atoms with Crippen LogP contribution < -0.4 is 0 Å². The quantitative estimate of drug-likeness (QED) is 0.0992. The largest absolute Gasteiger partial charge is 0.305 e. The van der Waals surface area contributed by atoms with Crippen molar-refractivity contribution < 1.29 is 101 Å². The molecule has 0 saturated carbocycles. The first kappa shape index (κ1) is 116. The molecular formula is C133H114Ir5N8-8. The number of nitrogens with zero attached hydrogens (tertiary/aromatic N) is 8. The van der Waals surface area contributed by atoms with Gasteiger partial charge in [-0.15, -0.1) is 285 Å². The van der Waals surface area contributed by atoms with Crippen molar-refractivity contribution in [1.82, 2.24) is 39.9 Å². The van der Waals surface area contributed by atoms with Gasteiger partial charge in [-0.05, 0) is 161 Å². The molecule has 0 spiro atoms. The molecule has 21 rings (SSSR count). The van der Waals surface area contributed by atoms with Gasteiger partial charge in [0.15, 0.2) is 0 Å². The maximum absolute atomic E-state index is 4.53. The Balaban J connectivity index is 0.000000187. The Morgan fingerprint density at radius 2 is 0.363 bits per heavy atom. The van der Waals surface area contributed by atoms with E-state index in [0.717, 1.165) is 90.1 Å². The van der Waals surface area contributed by atoms with Gasteiger partial charge in [-0.1, -0.05) is 306 Å². The summed E-state index contributed by atoms with van der Waals surface area (Å²) in [5.74, 6) is 0.504. The summed E-state index contributed by atoms with van der Waals surface area (Å²) in [7, 11) is 0. The van der Waals surface area contributed by atoms with Crippen LogP contribution in [0.3, 0.4) is 0 Å². The molecule has 0 aliphatic carbocycles. The van der Waals surface area contributed by atoms with Gasteiger partial charge in [-0.25, -0.2) is 0 Å². The van der Waals surface area contributed by atoms with Crippen LogP contribution in [0.5, 0.6) is 0 Å². The van der Waals surface area contributed by atoms with Crippen LogP contribution in [0.1, 0.15) is 104 Å². The van der Waals surface area contributed by atoms with Crippen LogP contribution in [0.4, 0.5) is 0 Å². The van der Waals surface area contributed by atoms with Gasteiger partial charge in [0, 0.05) is 150 Å². The van der Waals surface area contributed by atoms with Crippen molar-refractivity contribution in [3.8, 4) is 146 Å². The summed E-state index contributed by atoms with van der Waals surface area (Å²) in [6.07, 6.45) is 14.7. The topological polar surface area (TPSA) is 103 Å². The molecular weight excluding hydrogens is 2670 g/mol. The van der Waals surface area contributed by atoms with Gasteiger partial charge in [-0.2, -0.15) is 0 Å². The number of aromatic nitrogens is 8. The molecule has 0 fully saturated rings. The van der Waals surface area contributed by atoms with E-state index >= 15 is 0 Å². The molecule has 739 valence electrons. The second-order valence-electron chi connectivity index (χ2n) is 36.6. The van der Waals surface area contributed by atoms with Crippen molar-refractivity contribution in [2.24, 2.45) is 0 Å². The fourth-order valence-electron chi connectivity index (χ4n) is 15.0. The van der Waals surface area contributed by atoms with E-state index in [-0.39, 0.29) is 117 Å². The summed E-state index contributed by atoms with van der Waals surface area (Å²) in [4.78, 5) is 35.1. The Kier molecular flexibility index (Phi) is 47.4. The van der Waals surface area contributed by atoms with E-state index in [0.29, 0.717) is 5.92 Å². The molecule has 8 aromatic heterocycles. The first-order valence-corrected chi connectivity index (χ1v) is 47.5. The van der Waals surface area contributed by atoms with Crippen molar-refractivity contribution in [1.29, 1.82) is 0 Å². The Bertz CT molecular complexity index is 6650. The van der Waals surface area contributed by atoms with Crippen LogP contribution >= 0.6 is 0 Å². The minimum atomic E-state index is 0. The molecule has 8 nitrogen and oxygen atoms in total. The summed E-state index contributed by atoms with van der Waals surface area (Å²) in [5, 5.41) is 0. The number of benzene rings is 13. The van der Waals surface area contributed by atoms with Crippen LogP contribution in [0.25, 0.3) is 146 Å². The van der Waals surface area contributed by atoms with Crippen molar-refractivity contribution in [2.75, 3.05) is 0 Å². The zero-order chi connectivity index (χ0) is 98.3. The molecule has 0 aliphatic rings. The first-order valence-electron chi connectivity index (χ1n) is 47.5. The SMILES string of the molecule is CC(C)(C)c1ccnc(-c2[c-]ccc(-c3ccccc3)c2)c1.CC(C)(C)c1ccnc(-c2[c-]ccc(-c3ccccc3)c2)c1.CC(C)(C)c1ccnc(-c2[c-]ccc(-c3ccccc3)c2)c1.CC(C)c1ccnc(-c2[c-]ccc(-c3ccccc3)c2)c1.[Ir].[Ir].[Ir].[Ir].[Ir].[c-]1ccc(-c2ccccc2)cc1-c1ccccn1.[c-]1ccccc1-c1ccccn1.[c-]1ccccc1-c1ccccn1.[c-]1ccccc1-c1ccccn1. The molecule has 0 N–H and O–H groups in total. The maximum atomic E-state index is 4.53. The van der Waals surface area contributed by atoms with Crippen LogP contribution in [-0.2, 0) is 117 Å². The normalized spacial score (nSPS) is 10.4. The van der Waals surface area contributed by atoms with Gasteiger partial charge in [0.1, 0.15) is 0 Å². The molecule has 13 aromatic carbocycles. The zero-order valence-corrected chi connectivity index (χ0v) is 95.5. The average Bonchev–Trinajstić information content (AvgIpc) is 0.828. The van der Waals surface area contributed by atoms with Gasteiger partial charge in [0.05, 0.1) is 0 Å². The molecule has 0 atom stereocenters. The number of hydrogen-bond donors (Lipinski definition) is 0. The predicted octanol–water partition coefficient (Wildman–Crippen LogP) is 33.7. The van der Waals surface area contributed by atoms with Crippen LogP contribution in [0, 0.1) is 48.5 Å². The average molecular weight is 2790 g/mol. The van der Waals surface area contributed by atoms with Gasteiger partial charge < -0.3 is 39.9 Å². The predicted molar refractivity (Wildman–Crippen MR) is 585 cm³/mol.